The molecule has 2 unspecified atom stereocenters. The van der Waals surface area contributed by atoms with Gasteiger partial charge in [-0.1, -0.05) is 11.6 Å². The number of hydrogen-bond donors (Lipinski definition) is 6. The summed E-state index contributed by atoms with van der Waals surface area (Å²) in [6.45, 7) is -0.466. The predicted octanol–water partition coefficient (Wildman–Crippen LogP) is 1.47. The van der Waals surface area contributed by atoms with E-state index < -0.39 is 93.3 Å². The highest BCUT2D eigenvalue weighted by atomic mass is 35.5. The number of aliphatic hydroxyl groups excluding tert-OH is 3. The molecule has 1 amide bonds. The predicted molar refractivity (Wildman–Crippen MR) is 147 cm³/mol. The number of anilines is 1. The number of carbonyl (C=O) groups is 2. The Morgan fingerprint density at radius 1 is 1.00 bits per heavy atom. The summed E-state index contributed by atoms with van der Waals surface area (Å²) >= 11 is 6.26. The SMILES string of the molecule is O=C(Nc1ccc(F)c(F)c1)c1ccc(Cl)c(S(=O)(=O)[C@H]2CC3CCC(C2)[C@]3(O)CO[C@@H]2O[C@H](C(=O)O)[C@@H](O)[C@H](O)[C@H]2O)c1. The summed E-state index contributed by atoms with van der Waals surface area (Å²) < 4.78 is 65.0. The first-order valence-corrected chi connectivity index (χ1v) is 15.6. The fourth-order valence-electron chi connectivity index (χ4n) is 6.32. The molecule has 2 aliphatic carbocycles. The van der Waals surface area contributed by atoms with Gasteiger partial charge in [0.25, 0.3) is 5.91 Å². The van der Waals surface area contributed by atoms with E-state index in [4.69, 9.17) is 21.1 Å². The van der Waals surface area contributed by atoms with Gasteiger partial charge in [-0.3, -0.25) is 4.79 Å². The van der Waals surface area contributed by atoms with E-state index in [1.165, 1.54) is 12.1 Å². The Bertz CT molecular complexity index is 1550. The van der Waals surface area contributed by atoms with Crippen molar-refractivity contribution in [2.75, 3.05) is 11.9 Å². The van der Waals surface area contributed by atoms with Gasteiger partial charge in [0.2, 0.25) is 0 Å². The third-order valence-corrected chi connectivity index (χ3v) is 11.4. The minimum atomic E-state index is -4.15. The second-order valence-electron chi connectivity index (χ2n) is 11.4. The van der Waals surface area contributed by atoms with E-state index in [0.717, 1.165) is 24.3 Å². The molecule has 2 saturated carbocycles. The molecule has 44 heavy (non-hydrogen) atoms. The molecule has 1 aliphatic heterocycles. The van der Waals surface area contributed by atoms with Crippen molar-refractivity contribution in [2.24, 2.45) is 11.8 Å². The van der Waals surface area contributed by atoms with E-state index in [0.29, 0.717) is 12.8 Å². The highest BCUT2D eigenvalue weighted by Gasteiger charge is 2.57. The number of ether oxygens (including phenoxy) is 2. The van der Waals surface area contributed by atoms with Crippen molar-refractivity contribution in [3.63, 3.8) is 0 Å². The summed E-state index contributed by atoms with van der Waals surface area (Å²) in [4.78, 5) is 23.9. The number of fused-ring (bicyclic) bond motifs is 2. The molecule has 3 fully saturated rings. The number of carboxylic acid groups (broad SMARTS) is 1. The maximum Gasteiger partial charge on any atom is 0.335 e. The van der Waals surface area contributed by atoms with Gasteiger partial charge in [0.1, 0.15) is 18.3 Å². The van der Waals surface area contributed by atoms with Crippen molar-refractivity contribution in [1.29, 1.82) is 0 Å². The summed E-state index contributed by atoms with van der Waals surface area (Å²) in [5.74, 6) is -5.84. The quantitative estimate of drug-likeness (QED) is 0.239. The van der Waals surface area contributed by atoms with Crippen molar-refractivity contribution < 1.29 is 61.8 Å². The number of aliphatic hydroxyl groups is 4. The number of carboxylic acids is 1. The Morgan fingerprint density at radius 3 is 2.27 bits per heavy atom. The second kappa shape index (κ2) is 12.2. The third kappa shape index (κ3) is 5.95. The number of sulfone groups is 1. The summed E-state index contributed by atoms with van der Waals surface area (Å²) in [7, 11) is -4.15. The maximum atomic E-state index is 13.8. The lowest BCUT2D eigenvalue weighted by molar-refractivity contribution is -0.305. The van der Waals surface area contributed by atoms with Gasteiger partial charge in [0.05, 0.1) is 27.4 Å². The highest BCUT2D eigenvalue weighted by Crippen LogP contribution is 2.52. The fraction of sp³-hybridized carbons (Fsp3) is 0.500. The highest BCUT2D eigenvalue weighted by molar-refractivity contribution is 7.92. The fourth-order valence-corrected chi connectivity index (χ4v) is 8.73. The van der Waals surface area contributed by atoms with Gasteiger partial charge in [-0.25, -0.2) is 22.0 Å². The van der Waals surface area contributed by atoms with Crippen LogP contribution in [0.15, 0.2) is 41.3 Å². The first-order chi connectivity index (χ1) is 20.6. The molecular weight excluding hydrogens is 632 g/mol. The second-order valence-corrected chi connectivity index (χ2v) is 14.0. The minimum Gasteiger partial charge on any atom is -0.479 e. The van der Waals surface area contributed by atoms with Crippen molar-refractivity contribution in [1.82, 2.24) is 0 Å². The number of amides is 1. The van der Waals surface area contributed by atoms with Crippen LogP contribution in [0.1, 0.15) is 36.0 Å². The molecule has 0 aromatic heterocycles. The van der Waals surface area contributed by atoms with Crippen LogP contribution in [0.3, 0.4) is 0 Å². The van der Waals surface area contributed by atoms with Gasteiger partial charge >= 0.3 is 5.97 Å². The Kier molecular flexibility index (Phi) is 9.05. The van der Waals surface area contributed by atoms with E-state index >= 15 is 0 Å². The van der Waals surface area contributed by atoms with Gasteiger partial charge in [0, 0.05) is 17.3 Å². The van der Waals surface area contributed by atoms with Crippen LogP contribution >= 0.6 is 11.6 Å². The lowest BCUT2D eigenvalue weighted by Crippen LogP contribution is -2.61. The van der Waals surface area contributed by atoms with Crippen LogP contribution in [-0.4, -0.2) is 94.0 Å². The molecule has 16 heteroatoms. The molecular formula is C28H30ClF2NO11S. The first kappa shape index (κ1) is 32.6. The molecule has 2 bridgehead atoms. The molecule has 6 N–H and O–H groups in total. The van der Waals surface area contributed by atoms with E-state index in [9.17, 15) is 52.3 Å². The largest absolute Gasteiger partial charge is 0.479 e. The summed E-state index contributed by atoms with van der Waals surface area (Å²) in [6.07, 6.45) is -8.31. The Balaban J connectivity index is 1.29. The first-order valence-electron chi connectivity index (χ1n) is 13.7. The van der Waals surface area contributed by atoms with Crippen molar-refractivity contribution in [3.8, 4) is 0 Å². The Labute approximate surface area is 255 Å². The van der Waals surface area contributed by atoms with Crippen molar-refractivity contribution in [3.05, 3.63) is 58.6 Å². The summed E-state index contributed by atoms with van der Waals surface area (Å²) in [5.41, 5.74) is -1.71. The molecule has 0 radical (unpaired) electrons. The molecule has 5 rings (SSSR count). The van der Waals surface area contributed by atoms with Gasteiger partial charge in [-0.15, -0.1) is 0 Å². The number of benzene rings is 2. The lowest BCUT2D eigenvalue weighted by Gasteiger charge is -2.44. The monoisotopic (exact) mass is 661 g/mol. The molecule has 0 spiro atoms. The van der Waals surface area contributed by atoms with Crippen LogP contribution < -0.4 is 5.32 Å². The van der Waals surface area contributed by atoms with E-state index in [-0.39, 0.29) is 34.0 Å². The van der Waals surface area contributed by atoms with Gasteiger partial charge in [0.15, 0.2) is 33.9 Å². The van der Waals surface area contributed by atoms with Crippen LogP contribution in [0.4, 0.5) is 14.5 Å². The summed E-state index contributed by atoms with van der Waals surface area (Å²) in [5, 5.41) is 52.2. The van der Waals surface area contributed by atoms with Crippen molar-refractivity contribution >= 4 is 39.0 Å². The van der Waals surface area contributed by atoms with Crippen LogP contribution in [0.5, 0.6) is 0 Å². The molecule has 2 aromatic carbocycles. The van der Waals surface area contributed by atoms with Gasteiger partial charge in [-0.2, -0.15) is 0 Å². The van der Waals surface area contributed by atoms with E-state index in [1.807, 2.05) is 0 Å². The average Bonchev–Trinajstić information content (AvgIpc) is 3.12. The zero-order valence-corrected chi connectivity index (χ0v) is 24.4. The summed E-state index contributed by atoms with van der Waals surface area (Å²) in [6, 6.07) is 6.37. The smallest absolute Gasteiger partial charge is 0.335 e. The van der Waals surface area contributed by atoms with Crippen LogP contribution in [0.25, 0.3) is 0 Å². The molecule has 2 aromatic rings. The molecule has 3 aliphatic rings. The lowest BCUT2D eigenvalue weighted by atomic mass is 9.75. The molecule has 7 atom stereocenters. The topological polar surface area (TPSA) is 200 Å². The zero-order chi connectivity index (χ0) is 32.1. The number of nitrogens with one attached hydrogen (secondary N) is 1. The Morgan fingerprint density at radius 2 is 1.66 bits per heavy atom. The van der Waals surface area contributed by atoms with E-state index in [1.54, 1.807) is 0 Å². The number of aliphatic carboxylic acids is 1. The van der Waals surface area contributed by atoms with Gasteiger partial charge in [-0.05, 0) is 67.9 Å². The van der Waals surface area contributed by atoms with Crippen LogP contribution in [-0.2, 0) is 24.1 Å². The van der Waals surface area contributed by atoms with Crippen LogP contribution in [0.2, 0.25) is 5.02 Å². The number of rotatable bonds is 8. The molecule has 240 valence electrons. The van der Waals surface area contributed by atoms with Crippen molar-refractivity contribution in [2.45, 2.75) is 72.1 Å². The molecule has 12 nitrogen and oxygen atoms in total. The minimum absolute atomic E-state index is 0.00648. The van der Waals surface area contributed by atoms with Gasteiger partial charge < -0.3 is 40.3 Å². The maximum absolute atomic E-state index is 13.8. The number of hydrogen-bond acceptors (Lipinski definition) is 10. The molecule has 1 heterocycles. The number of halogens is 3. The number of carbonyl (C=O) groups excluding carboxylic acids is 1. The van der Waals surface area contributed by atoms with Crippen LogP contribution in [0, 0.1) is 23.5 Å². The Hall–Kier alpha value is -2.76. The zero-order valence-electron chi connectivity index (χ0n) is 22.8. The average molecular weight is 662 g/mol. The molecule has 1 saturated heterocycles. The standard InChI is InChI=1S/C28H30ClF2NO11S/c29-17-5-1-12(25(36)32-15-4-6-18(30)19(31)10-15)7-20(17)44(40,41)16-8-13-2-3-14(9-16)28(13,39)11-42-27-23(35)21(33)22(34)24(43-27)26(37)38/h1,4-7,10,13-14,16,21-24,27,33-35,39H,2-3,8-9,11H2,(H,32,36)(H,37,38)/t13?,14?,16-,21-,22-,23+,24-,27+,28-/m0/s1. The third-order valence-electron chi connectivity index (χ3n) is 8.78. The van der Waals surface area contributed by atoms with E-state index in [2.05, 4.69) is 5.32 Å². The normalized spacial score (nSPS) is 33.6.